The van der Waals surface area contributed by atoms with E-state index in [9.17, 15) is 27.9 Å². The van der Waals surface area contributed by atoms with Crippen LogP contribution >= 0.6 is 0 Å². The van der Waals surface area contributed by atoms with Gasteiger partial charge in [-0.3, -0.25) is 9.59 Å². The standard InChI is InChI=1S/C23H29N3O7S/c1-34(31,32)14-11-20(26-23(30)33-16-17-7-3-2-4-8-17)22(29)25-13-6-12-24-21(28)18-9-5-10-19(27)15-18/h2-5,7-10,15,20,27H,6,11-14,16H2,1H3,(H,24,28)(H,25,29)(H,26,30). The van der Waals surface area contributed by atoms with Crippen molar-refractivity contribution in [1.82, 2.24) is 16.0 Å². The molecule has 0 saturated heterocycles. The molecule has 1 atom stereocenters. The van der Waals surface area contributed by atoms with Gasteiger partial charge in [-0.25, -0.2) is 13.2 Å². The number of benzene rings is 2. The smallest absolute Gasteiger partial charge is 0.408 e. The lowest BCUT2D eigenvalue weighted by Gasteiger charge is -2.18. The number of nitrogens with one attached hydrogen (secondary N) is 3. The molecule has 0 aliphatic rings. The first-order valence-electron chi connectivity index (χ1n) is 10.6. The monoisotopic (exact) mass is 491 g/mol. The molecule has 2 aromatic rings. The largest absolute Gasteiger partial charge is 0.508 e. The van der Waals surface area contributed by atoms with E-state index in [4.69, 9.17) is 4.74 Å². The van der Waals surface area contributed by atoms with Gasteiger partial charge >= 0.3 is 6.09 Å². The second-order valence-electron chi connectivity index (χ2n) is 7.63. The first-order chi connectivity index (χ1) is 16.1. The number of ether oxygens (including phenoxy) is 1. The van der Waals surface area contributed by atoms with Crippen LogP contribution in [0.4, 0.5) is 4.79 Å². The van der Waals surface area contributed by atoms with Crippen molar-refractivity contribution in [3.8, 4) is 5.75 Å². The summed E-state index contributed by atoms with van der Waals surface area (Å²) in [6.45, 7) is 0.455. The van der Waals surface area contributed by atoms with Crippen molar-refractivity contribution < 1.29 is 32.6 Å². The Morgan fingerprint density at radius 1 is 1.00 bits per heavy atom. The van der Waals surface area contributed by atoms with Gasteiger partial charge in [-0.2, -0.15) is 0 Å². The molecule has 4 N–H and O–H groups in total. The van der Waals surface area contributed by atoms with E-state index < -0.39 is 27.9 Å². The summed E-state index contributed by atoms with van der Waals surface area (Å²) in [5.41, 5.74) is 1.07. The lowest BCUT2D eigenvalue weighted by atomic mass is 10.2. The molecule has 0 aliphatic heterocycles. The number of hydrogen-bond donors (Lipinski definition) is 4. The van der Waals surface area contributed by atoms with Crippen LogP contribution in [0.5, 0.6) is 5.75 Å². The Kier molecular flexibility index (Phi) is 10.3. The van der Waals surface area contributed by atoms with Crippen molar-refractivity contribution in [1.29, 1.82) is 0 Å². The molecule has 1 unspecified atom stereocenters. The van der Waals surface area contributed by atoms with E-state index in [2.05, 4.69) is 16.0 Å². The van der Waals surface area contributed by atoms with Crippen molar-refractivity contribution in [3.63, 3.8) is 0 Å². The van der Waals surface area contributed by atoms with Crippen LogP contribution in [0.15, 0.2) is 54.6 Å². The number of rotatable bonds is 12. The maximum absolute atomic E-state index is 12.5. The second-order valence-corrected chi connectivity index (χ2v) is 9.89. The Morgan fingerprint density at radius 2 is 1.71 bits per heavy atom. The van der Waals surface area contributed by atoms with Crippen LogP contribution in [0.1, 0.15) is 28.8 Å². The van der Waals surface area contributed by atoms with Gasteiger partial charge in [0.25, 0.3) is 5.91 Å². The molecule has 0 aromatic heterocycles. The predicted octanol–water partition coefficient (Wildman–Crippen LogP) is 1.36. The van der Waals surface area contributed by atoms with Gasteiger partial charge in [0.15, 0.2) is 0 Å². The van der Waals surface area contributed by atoms with Crippen LogP contribution in [-0.2, 0) is 26.0 Å². The molecule has 0 saturated carbocycles. The Morgan fingerprint density at radius 3 is 2.38 bits per heavy atom. The highest BCUT2D eigenvalue weighted by atomic mass is 32.2. The summed E-state index contributed by atoms with van der Waals surface area (Å²) in [6, 6.07) is 13.8. The zero-order valence-electron chi connectivity index (χ0n) is 18.8. The van der Waals surface area contributed by atoms with Crippen molar-refractivity contribution in [2.45, 2.75) is 25.5 Å². The highest BCUT2D eigenvalue weighted by Gasteiger charge is 2.23. The van der Waals surface area contributed by atoms with Gasteiger partial charge < -0.3 is 25.8 Å². The second kappa shape index (κ2) is 13.2. The minimum absolute atomic E-state index is 0.00593. The molecule has 34 heavy (non-hydrogen) atoms. The minimum atomic E-state index is -3.35. The maximum Gasteiger partial charge on any atom is 0.408 e. The van der Waals surface area contributed by atoms with E-state index in [1.54, 1.807) is 36.4 Å². The fraction of sp³-hybridized carbons (Fsp3) is 0.348. The van der Waals surface area contributed by atoms with Gasteiger partial charge in [0.1, 0.15) is 28.2 Å². The molecular formula is C23H29N3O7S. The molecule has 0 fully saturated rings. The van der Waals surface area contributed by atoms with Crippen molar-refractivity contribution in [3.05, 3.63) is 65.7 Å². The molecule has 10 nitrogen and oxygen atoms in total. The Bertz CT molecular complexity index is 1070. The van der Waals surface area contributed by atoms with E-state index in [0.717, 1.165) is 11.8 Å². The van der Waals surface area contributed by atoms with Crippen LogP contribution in [0, 0.1) is 0 Å². The first kappa shape index (κ1) is 26.7. The van der Waals surface area contributed by atoms with Gasteiger partial charge in [0.05, 0.1) is 5.75 Å². The fourth-order valence-corrected chi connectivity index (χ4v) is 3.55. The Balaban J connectivity index is 1.79. The first-order valence-corrected chi connectivity index (χ1v) is 12.7. The number of hydrogen-bond acceptors (Lipinski definition) is 7. The molecule has 0 aliphatic carbocycles. The third kappa shape index (κ3) is 10.3. The van der Waals surface area contributed by atoms with Crippen LogP contribution < -0.4 is 16.0 Å². The summed E-state index contributed by atoms with van der Waals surface area (Å²) < 4.78 is 28.2. The summed E-state index contributed by atoms with van der Waals surface area (Å²) in [5, 5.41) is 17.1. The summed E-state index contributed by atoms with van der Waals surface area (Å²) in [7, 11) is -3.35. The molecule has 2 aromatic carbocycles. The minimum Gasteiger partial charge on any atom is -0.508 e. The van der Waals surface area contributed by atoms with Crippen molar-refractivity contribution in [2.75, 3.05) is 25.1 Å². The topological polar surface area (TPSA) is 151 Å². The summed E-state index contributed by atoms with van der Waals surface area (Å²) in [5.74, 6) is -1.23. The van der Waals surface area contributed by atoms with Gasteiger partial charge in [-0.15, -0.1) is 0 Å². The fourth-order valence-electron chi connectivity index (χ4n) is 2.88. The van der Waals surface area contributed by atoms with E-state index in [-0.39, 0.29) is 43.5 Å². The normalized spacial score (nSPS) is 11.8. The quantitative estimate of drug-likeness (QED) is 0.327. The number of phenolic OH excluding ortho intramolecular Hbond substituents is 1. The maximum atomic E-state index is 12.5. The molecule has 2 rings (SSSR count). The van der Waals surface area contributed by atoms with Gasteiger partial charge in [-0.1, -0.05) is 36.4 Å². The molecule has 0 heterocycles. The highest BCUT2D eigenvalue weighted by molar-refractivity contribution is 7.90. The van der Waals surface area contributed by atoms with Gasteiger partial charge in [0, 0.05) is 24.9 Å². The molecule has 184 valence electrons. The van der Waals surface area contributed by atoms with Crippen molar-refractivity contribution >= 4 is 27.7 Å². The van der Waals surface area contributed by atoms with Crippen LogP contribution in [-0.4, -0.2) is 62.6 Å². The average molecular weight is 492 g/mol. The van der Waals surface area contributed by atoms with E-state index in [0.29, 0.717) is 12.0 Å². The number of alkyl carbamates (subject to hydrolysis) is 1. The van der Waals surface area contributed by atoms with Crippen LogP contribution in [0.25, 0.3) is 0 Å². The van der Waals surface area contributed by atoms with E-state index in [1.165, 1.54) is 12.1 Å². The Labute approximate surface area is 198 Å². The third-order valence-electron chi connectivity index (χ3n) is 4.65. The number of phenols is 1. The summed E-state index contributed by atoms with van der Waals surface area (Å²) in [4.78, 5) is 36.7. The van der Waals surface area contributed by atoms with Crippen molar-refractivity contribution in [2.24, 2.45) is 0 Å². The molecule has 0 radical (unpaired) electrons. The third-order valence-corrected chi connectivity index (χ3v) is 5.62. The van der Waals surface area contributed by atoms with Crippen LogP contribution in [0.3, 0.4) is 0 Å². The predicted molar refractivity (Wildman–Crippen MR) is 126 cm³/mol. The zero-order valence-corrected chi connectivity index (χ0v) is 19.6. The van der Waals surface area contributed by atoms with E-state index >= 15 is 0 Å². The molecule has 0 spiro atoms. The zero-order chi connectivity index (χ0) is 25.0. The number of amides is 3. The molecule has 0 bridgehead atoms. The van der Waals surface area contributed by atoms with Gasteiger partial charge in [-0.05, 0) is 36.6 Å². The van der Waals surface area contributed by atoms with E-state index in [1.807, 2.05) is 6.07 Å². The lowest BCUT2D eigenvalue weighted by Crippen LogP contribution is -2.48. The summed E-state index contributed by atoms with van der Waals surface area (Å²) in [6.07, 6.45) is 0.494. The number of sulfone groups is 1. The number of aromatic hydroxyl groups is 1. The average Bonchev–Trinajstić information content (AvgIpc) is 2.80. The summed E-state index contributed by atoms with van der Waals surface area (Å²) >= 11 is 0. The Hall–Kier alpha value is -3.60. The number of carbonyl (C=O) groups excluding carboxylic acids is 3. The lowest BCUT2D eigenvalue weighted by molar-refractivity contribution is -0.123. The molecule has 11 heteroatoms. The number of carbonyl (C=O) groups is 3. The highest BCUT2D eigenvalue weighted by Crippen LogP contribution is 2.10. The van der Waals surface area contributed by atoms with Crippen LogP contribution in [0.2, 0.25) is 0 Å². The van der Waals surface area contributed by atoms with Gasteiger partial charge in [0.2, 0.25) is 5.91 Å². The molecule has 3 amide bonds. The molecular weight excluding hydrogens is 462 g/mol. The SMILES string of the molecule is CS(=O)(=O)CCC(NC(=O)OCc1ccccc1)C(=O)NCCCNC(=O)c1cccc(O)c1.